The van der Waals surface area contributed by atoms with E-state index in [1.807, 2.05) is 19.1 Å². The zero-order valence-electron chi connectivity index (χ0n) is 16.7. The summed E-state index contributed by atoms with van der Waals surface area (Å²) in [5, 5.41) is 10.6. The number of carbonyl (C=O) groups is 1. The van der Waals surface area contributed by atoms with Crippen molar-refractivity contribution in [3.63, 3.8) is 0 Å². The van der Waals surface area contributed by atoms with E-state index in [9.17, 15) is 9.18 Å². The summed E-state index contributed by atoms with van der Waals surface area (Å²) >= 11 is 7.30. The van der Waals surface area contributed by atoms with Crippen molar-refractivity contribution >= 4 is 46.5 Å². The van der Waals surface area contributed by atoms with Crippen molar-refractivity contribution in [2.75, 3.05) is 10.6 Å². The third-order valence-electron chi connectivity index (χ3n) is 4.54. The molecule has 2 aromatic heterocycles. The molecule has 7 nitrogen and oxygen atoms in total. The number of anilines is 2. The minimum atomic E-state index is -0.542. The van der Waals surface area contributed by atoms with Crippen LogP contribution in [-0.2, 0) is 6.42 Å². The fraction of sp³-hybridized carbons (Fsp3) is 0.143. The summed E-state index contributed by atoms with van der Waals surface area (Å²) in [6.07, 6.45) is 2.31. The van der Waals surface area contributed by atoms with Gasteiger partial charge in [-0.25, -0.2) is 14.2 Å². The van der Waals surface area contributed by atoms with E-state index in [0.29, 0.717) is 17.2 Å². The fourth-order valence-electron chi connectivity index (χ4n) is 3.05. The van der Waals surface area contributed by atoms with Crippen LogP contribution in [0.4, 0.5) is 20.6 Å². The van der Waals surface area contributed by atoms with Crippen molar-refractivity contribution in [2.45, 2.75) is 30.2 Å². The number of aryl methyl sites for hydroxylation is 1. The second kappa shape index (κ2) is 8.91. The van der Waals surface area contributed by atoms with Crippen LogP contribution in [-0.4, -0.2) is 25.6 Å². The molecule has 4 aromatic rings. The standard InChI is InChI=1S/C21H18ClFN6OS/c1-3-16-12(2)26-20-24-11-25-29(20)19(16)31-15-7-4-13(5-8-15)27-21(30)28-14-6-9-18(23)17(22)10-14/h4-11H,3H2,1-2H3,(H2,27,28,30). The third kappa shape index (κ3) is 4.62. The van der Waals surface area contributed by atoms with Crippen LogP contribution in [0.25, 0.3) is 5.78 Å². The van der Waals surface area contributed by atoms with Crippen molar-refractivity contribution < 1.29 is 9.18 Å². The predicted molar refractivity (Wildman–Crippen MR) is 120 cm³/mol. The quantitative estimate of drug-likeness (QED) is 0.383. The second-order valence-electron chi connectivity index (χ2n) is 6.64. The molecule has 2 N–H and O–H groups in total. The number of aromatic nitrogens is 4. The van der Waals surface area contributed by atoms with Crippen LogP contribution in [0.15, 0.2) is 58.7 Å². The van der Waals surface area contributed by atoms with Gasteiger partial charge in [0.1, 0.15) is 17.2 Å². The SMILES string of the molecule is CCc1c(C)nc2ncnn2c1Sc1ccc(NC(=O)Nc2ccc(F)c(Cl)c2)cc1. The first kappa shape index (κ1) is 21.1. The molecule has 0 aliphatic heterocycles. The molecule has 2 amide bonds. The lowest BCUT2D eigenvalue weighted by atomic mass is 10.2. The highest BCUT2D eigenvalue weighted by atomic mass is 35.5. The molecule has 0 aliphatic rings. The van der Waals surface area contributed by atoms with Gasteiger partial charge in [-0.3, -0.25) is 0 Å². The molecule has 0 bridgehead atoms. The molecule has 2 aromatic carbocycles. The maximum Gasteiger partial charge on any atom is 0.323 e. The van der Waals surface area contributed by atoms with Gasteiger partial charge >= 0.3 is 6.03 Å². The Morgan fingerprint density at radius 2 is 1.87 bits per heavy atom. The lowest BCUT2D eigenvalue weighted by Gasteiger charge is -2.12. The summed E-state index contributed by atoms with van der Waals surface area (Å²) in [5.74, 6) is 0.0209. The highest BCUT2D eigenvalue weighted by Gasteiger charge is 2.14. The molecule has 0 fully saturated rings. The average Bonchev–Trinajstić information content (AvgIpc) is 3.20. The fourth-order valence-corrected chi connectivity index (χ4v) is 4.36. The molecule has 4 rings (SSSR count). The molecule has 158 valence electrons. The maximum atomic E-state index is 13.2. The Balaban J connectivity index is 1.48. The number of hydrogen-bond donors (Lipinski definition) is 2. The molecule has 0 radical (unpaired) electrons. The number of amides is 2. The van der Waals surface area contributed by atoms with Crippen molar-refractivity contribution in [3.05, 3.63) is 70.9 Å². The van der Waals surface area contributed by atoms with E-state index in [4.69, 9.17) is 11.6 Å². The molecule has 0 aliphatic carbocycles. The first-order valence-corrected chi connectivity index (χ1v) is 10.6. The van der Waals surface area contributed by atoms with E-state index in [1.165, 1.54) is 24.5 Å². The Morgan fingerprint density at radius 3 is 2.58 bits per heavy atom. The van der Waals surface area contributed by atoms with E-state index < -0.39 is 11.8 Å². The summed E-state index contributed by atoms with van der Waals surface area (Å²) in [4.78, 5) is 21.9. The average molecular weight is 457 g/mol. The van der Waals surface area contributed by atoms with Gasteiger partial charge in [-0.1, -0.05) is 30.3 Å². The van der Waals surface area contributed by atoms with Crippen molar-refractivity contribution in [1.82, 2.24) is 19.6 Å². The molecule has 0 unspecified atom stereocenters. The second-order valence-corrected chi connectivity index (χ2v) is 8.11. The summed E-state index contributed by atoms with van der Waals surface area (Å²) in [6.45, 7) is 4.05. The number of rotatable bonds is 5. The lowest BCUT2D eigenvalue weighted by Crippen LogP contribution is -2.19. The van der Waals surface area contributed by atoms with E-state index in [1.54, 1.807) is 28.4 Å². The van der Waals surface area contributed by atoms with E-state index >= 15 is 0 Å². The Labute approximate surface area is 187 Å². The Morgan fingerprint density at radius 1 is 1.16 bits per heavy atom. The number of nitrogens with one attached hydrogen (secondary N) is 2. The number of fused-ring (bicyclic) bond motifs is 1. The van der Waals surface area contributed by atoms with Crippen molar-refractivity contribution in [1.29, 1.82) is 0 Å². The van der Waals surface area contributed by atoms with Crippen molar-refractivity contribution in [2.24, 2.45) is 0 Å². The molecular formula is C21H18ClFN6OS. The molecule has 10 heteroatoms. The first-order valence-electron chi connectivity index (χ1n) is 9.44. The highest BCUT2D eigenvalue weighted by molar-refractivity contribution is 7.99. The van der Waals surface area contributed by atoms with E-state index in [2.05, 4.69) is 32.6 Å². The van der Waals surface area contributed by atoms with E-state index in [0.717, 1.165) is 27.6 Å². The molecule has 0 atom stereocenters. The predicted octanol–water partition coefficient (Wildman–Crippen LogP) is 5.58. The van der Waals surface area contributed by atoms with Gasteiger partial charge in [-0.15, -0.1) is 0 Å². The van der Waals surface area contributed by atoms with Crippen LogP contribution in [0.5, 0.6) is 0 Å². The minimum absolute atomic E-state index is 0.0570. The summed E-state index contributed by atoms with van der Waals surface area (Å²) < 4.78 is 15.0. The monoisotopic (exact) mass is 456 g/mol. The number of urea groups is 1. The van der Waals surface area contributed by atoms with Crippen LogP contribution < -0.4 is 10.6 Å². The third-order valence-corrected chi connectivity index (χ3v) is 5.95. The Kier molecular flexibility index (Phi) is 6.06. The minimum Gasteiger partial charge on any atom is -0.308 e. The summed E-state index contributed by atoms with van der Waals surface area (Å²) in [7, 11) is 0. The largest absolute Gasteiger partial charge is 0.323 e. The van der Waals surface area contributed by atoms with Gasteiger partial charge < -0.3 is 10.6 Å². The van der Waals surface area contributed by atoms with Gasteiger partial charge in [0.05, 0.1) is 5.02 Å². The van der Waals surface area contributed by atoms with Gasteiger partial charge in [0.15, 0.2) is 0 Å². The van der Waals surface area contributed by atoms with Gasteiger partial charge in [0.25, 0.3) is 5.78 Å². The van der Waals surface area contributed by atoms with Crippen LogP contribution in [0.2, 0.25) is 5.02 Å². The zero-order valence-corrected chi connectivity index (χ0v) is 18.3. The van der Waals surface area contributed by atoms with Gasteiger partial charge in [-0.2, -0.15) is 14.6 Å². The molecule has 31 heavy (non-hydrogen) atoms. The van der Waals surface area contributed by atoms with Crippen molar-refractivity contribution in [3.8, 4) is 0 Å². The highest BCUT2D eigenvalue weighted by Crippen LogP contribution is 2.32. The molecule has 0 saturated carbocycles. The lowest BCUT2D eigenvalue weighted by molar-refractivity contribution is 0.262. The summed E-state index contributed by atoms with van der Waals surface area (Å²) in [6, 6.07) is 11.0. The molecular weight excluding hydrogens is 439 g/mol. The van der Waals surface area contributed by atoms with Gasteiger partial charge in [0.2, 0.25) is 0 Å². The number of hydrogen-bond acceptors (Lipinski definition) is 5. The number of nitrogens with zero attached hydrogens (tertiary/aromatic N) is 4. The number of benzene rings is 2. The van der Waals surface area contributed by atoms with Crippen LogP contribution in [0, 0.1) is 12.7 Å². The van der Waals surface area contributed by atoms with Gasteiger partial charge in [0, 0.05) is 27.5 Å². The number of halogens is 2. The zero-order chi connectivity index (χ0) is 22.0. The van der Waals surface area contributed by atoms with Crippen LogP contribution in [0.1, 0.15) is 18.2 Å². The first-order chi connectivity index (χ1) is 14.9. The van der Waals surface area contributed by atoms with E-state index in [-0.39, 0.29) is 5.02 Å². The smallest absolute Gasteiger partial charge is 0.308 e. The Hall–Kier alpha value is -3.17. The maximum absolute atomic E-state index is 13.2. The van der Waals surface area contributed by atoms with Crippen LogP contribution >= 0.6 is 23.4 Å². The topological polar surface area (TPSA) is 84.2 Å². The normalized spacial score (nSPS) is 11.0. The van der Waals surface area contributed by atoms with Gasteiger partial charge in [-0.05, 0) is 55.8 Å². The summed E-state index contributed by atoms with van der Waals surface area (Å²) in [5.41, 5.74) is 3.06. The van der Waals surface area contributed by atoms with Crippen LogP contribution in [0.3, 0.4) is 0 Å². The number of carbonyl (C=O) groups excluding carboxylic acids is 1. The Bertz CT molecular complexity index is 1260. The molecule has 0 saturated heterocycles. The molecule has 2 heterocycles. The molecule has 0 spiro atoms.